The Morgan fingerprint density at radius 2 is 1.09 bits per heavy atom. The number of aliphatic hydroxyl groups is 2. The molecule has 14 nitrogen and oxygen atoms in total. The van der Waals surface area contributed by atoms with Crippen molar-refractivity contribution in [2.75, 3.05) is 35.0 Å². The molecule has 0 saturated heterocycles. The third-order valence-corrected chi connectivity index (χ3v) is 12.7. The van der Waals surface area contributed by atoms with Crippen LogP contribution in [-0.4, -0.2) is 76.5 Å². The largest absolute Gasteiger partial charge is 0.496 e. The number of hydrogen-bond acceptors (Lipinski definition) is 12. The number of carbonyl (C=O) groups excluding carboxylic acids is 3. The molecule has 4 aromatic heterocycles. The zero-order valence-corrected chi connectivity index (χ0v) is 40.2. The third kappa shape index (κ3) is 10.1. The van der Waals surface area contributed by atoms with Gasteiger partial charge in [0.15, 0.2) is 11.5 Å². The summed E-state index contributed by atoms with van der Waals surface area (Å²) in [4.78, 5) is 39.6. The van der Waals surface area contributed by atoms with Gasteiger partial charge >= 0.3 is 12.1 Å². The quantitative estimate of drug-likeness (QED) is 0.0516. The van der Waals surface area contributed by atoms with Gasteiger partial charge in [0.05, 0.1) is 70.7 Å². The summed E-state index contributed by atoms with van der Waals surface area (Å²) in [6.45, 7) is 5.33. The monoisotopic (exact) mass is 936 g/mol. The molecule has 8 aromatic rings. The Bertz CT molecular complexity index is 3080. The fourth-order valence-electron chi connectivity index (χ4n) is 9.54. The number of para-hydroxylation sites is 2. The van der Waals surface area contributed by atoms with Gasteiger partial charge in [-0.05, 0) is 80.3 Å². The highest BCUT2D eigenvalue weighted by molar-refractivity contribution is 6.14. The van der Waals surface area contributed by atoms with Crippen molar-refractivity contribution >= 4 is 55.7 Å². The molecule has 0 spiro atoms. The first-order valence-corrected chi connectivity index (χ1v) is 23.5. The molecule has 0 radical (unpaired) electrons. The molecule has 0 saturated carbocycles. The zero-order chi connectivity index (χ0) is 49.0. The minimum atomic E-state index is -0.476. The maximum atomic E-state index is 13.2. The Hall–Kier alpha value is -7.25. The van der Waals surface area contributed by atoms with Crippen LogP contribution < -0.4 is 18.9 Å². The lowest BCUT2D eigenvalue weighted by Crippen LogP contribution is -2.09. The summed E-state index contributed by atoms with van der Waals surface area (Å²) in [5.74, 6) is 1.53. The lowest BCUT2D eigenvalue weighted by atomic mass is 9.99. The van der Waals surface area contributed by atoms with Crippen LogP contribution in [0.4, 0.5) is 0 Å². The first-order chi connectivity index (χ1) is 33.7. The Morgan fingerprint density at radius 1 is 0.594 bits per heavy atom. The highest BCUT2D eigenvalue weighted by Gasteiger charge is 2.24. The molecule has 0 aliphatic carbocycles. The standard InChI is InChI=1S/C54H60N4O8.CO2/c1-7-37-30-40-38-20-14-16-22-44(38)57(51(40)49(55-37)34-26-36(32-59)42(33-60)46(27-34)62-3)24-18-12-10-9-11-13-19-25-58-45-23-17-15-21-39(45)41-31-43(54(61)66-8-2)56-50(52(41)58)35-28-47(63-4)53(65-6)48(29-35)64-5;2-1-3/h14-17,20-23,26-31,59-60H,7-13,18-19,24-25,32-33H2,1-6H3;. The number of nitrogens with zero attached hydrogens (tertiary/aromatic N) is 4. The third-order valence-electron chi connectivity index (χ3n) is 12.7. The summed E-state index contributed by atoms with van der Waals surface area (Å²) in [7, 11) is 6.34. The molecular formula is C55H60N4O10. The second kappa shape index (κ2) is 23.2. The van der Waals surface area contributed by atoms with Gasteiger partial charge in [-0.15, -0.1) is 0 Å². The van der Waals surface area contributed by atoms with E-state index in [1.165, 1.54) is 10.9 Å². The van der Waals surface area contributed by atoms with Gasteiger partial charge in [-0.2, -0.15) is 9.59 Å². The number of aromatic nitrogens is 4. The highest BCUT2D eigenvalue weighted by atomic mass is 16.5. The molecule has 0 amide bonds. The van der Waals surface area contributed by atoms with E-state index in [1.807, 2.05) is 36.4 Å². The number of ether oxygens (including phenoxy) is 5. The van der Waals surface area contributed by atoms with Crippen molar-refractivity contribution in [3.05, 3.63) is 107 Å². The predicted molar refractivity (Wildman–Crippen MR) is 266 cm³/mol. The maximum Gasteiger partial charge on any atom is 0.373 e. The van der Waals surface area contributed by atoms with Crippen LogP contribution in [0.1, 0.15) is 86.1 Å². The van der Waals surface area contributed by atoms with Gasteiger partial charge in [0.1, 0.15) is 11.4 Å². The van der Waals surface area contributed by atoms with Gasteiger partial charge < -0.3 is 43.0 Å². The minimum absolute atomic E-state index is 0.214. The summed E-state index contributed by atoms with van der Waals surface area (Å²) in [6.07, 6.45) is 8.56. The lowest BCUT2D eigenvalue weighted by molar-refractivity contribution is -0.191. The van der Waals surface area contributed by atoms with E-state index in [9.17, 15) is 15.0 Å². The summed E-state index contributed by atoms with van der Waals surface area (Å²) >= 11 is 0. The number of carbonyl (C=O) groups is 1. The fraction of sp³-hybridized carbons (Fsp3) is 0.345. The van der Waals surface area contributed by atoms with Crippen molar-refractivity contribution in [1.29, 1.82) is 0 Å². The second-order valence-corrected chi connectivity index (χ2v) is 16.6. The van der Waals surface area contributed by atoms with E-state index in [0.29, 0.717) is 39.8 Å². The van der Waals surface area contributed by atoms with E-state index >= 15 is 0 Å². The molecule has 4 aromatic carbocycles. The van der Waals surface area contributed by atoms with Crippen LogP contribution in [0.2, 0.25) is 0 Å². The molecule has 0 aliphatic heterocycles. The number of aliphatic hydroxyl groups excluding tert-OH is 2. The Labute approximate surface area is 401 Å². The molecular weight excluding hydrogens is 877 g/mol. The van der Waals surface area contributed by atoms with Crippen LogP contribution in [0.25, 0.3) is 66.1 Å². The normalized spacial score (nSPS) is 11.2. The molecule has 0 aliphatic rings. The van der Waals surface area contributed by atoms with Crippen LogP contribution in [0.3, 0.4) is 0 Å². The number of fused-ring (bicyclic) bond motifs is 6. The Balaban J connectivity index is 0.00000228. The van der Waals surface area contributed by atoms with E-state index in [2.05, 4.69) is 64.6 Å². The number of aryl methyl sites for hydroxylation is 3. The van der Waals surface area contributed by atoms with Crippen molar-refractivity contribution in [3.8, 4) is 45.5 Å². The summed E-state index contributed by atoms with van der Waals surface area (Å²) in [5.41, 5.74) is 9.78. The molecule has 8 rings (SSSR count). The molecule has 0 bridgehead atoms. The number of benzene rings is 4. The number of hydrogen-bond donors (Lipinski definition) is 2. The van der Waals surface area contributed by atoms with E-state index in [-0.39, 0.29) is 31.7 Å². The maximum absolute atomic E-state index is 13.2. The molecule has 14 heteroatoms. The van der Waals surface area contributed by atoms with Gasteiger partial charge in [-0.25, -0.2) is 9.78 Å². The Kier molecular flexibility index (Phi) is 16.7. The van der Waals surface area contributed by atoms with Crippen molar-refractivity contribution in [2.45, 2.75) is 91.5 Å². The number of rotatable bonds is 21. The van der Waals surface area contributed by atoms with Crippen LogP contribution in [-0.2, 0) is 47.1 Å². The average molecular weight is 937 g/mol. The predicted octanol–water partition coefficient (Wildman–Crippen LogP) is 10.6. The number of methoxy groups -OCH3 is 4. The van der Waals surface area contributed by atoms with Gasteiger partial charge in [0, 0.05) is 68.1 Å². The number of unbranched alkanes of at least 4 members (excludes halogenated alkanes) is 6. The number of pyridine rings is 2. The smallest absolute Gasteiger partial charge is 0.373 e. The van der Waals surface area contributed by atoms with Crippen LogP contribution in [0.5, 0.6) is 23.0 Å². The molecule has 0 atom stereocenters. The molecule has 4 heterocycles. The average Bonchev–Trinajstić information content (AvgIpc) is 3.88. The van der Waals surface area contributed by atoms with Crippen molar-refractivity contribution in [2.24, 2.45) is 0 Å². The molecule has 0 unspecified atom stereocenters. The summed E-state index contributed by atoms with van der Waals surface area (Å²) in [6, 6.07) is 28.6. The summed E-state index contributed by atoms with van der Waals surface area (Å²) < 4.78 is 33.0. The molecule has 2 N–H and O–H groups in total. The molecule has 360 valence electrons. The Morgan fingerprint density at radius 3 is 1.58 bits per heavy atom. The minimum Gasteiger partial charge on any atom is -0.496 e. The van der Waals surface area contributed by atoms with Crippen molar-refractivity contribution < 1.29 is 48.3 Å². The SMILES string of the molecule is CCOC(=O)c1cc2c3ccccc3n(CCCCCCCCCn3c4ccccc4c4cc(CC)nc(-c5cc(CO)c(CO)c(OC)c5)c43)c2c(-c2cc(OC)c(OC)c(OC)c2)n1.O=C=O. The molecule has 69 heavy (non-hydrogen) atoms. The van der Waals surface area contributed by atoms with Crippen LogP contribution in [0.15, 0.2) is 84.9 Å². The van der Waals surface area contributed by atoms with E-state index < -0.39 is 5.97 Å². The lowest BCUT2D eigenvalue weighted by Gasteiger charge is -2.16. The summed E-state index contributed by atoms with van der Waals surface area (Å²) in [5, 5.41) is 24.7. The van der Waals surface area contributed by atoms with Gasteiger partial charge in [0.25, 0.3) is 0 Å². The first-order valence-electron chi connectivity index (χ1n) is 23.5. The topological polar surface area (TPSA) is 173 Å². The van der Waals surface area contributed by atoms with E-state index in [1.54, 1.807) is 35.4 Å². The molecule has 0 fully saturated rings. The van der Waals surface area contributed by atoms with Gasteiger partial charge in [-0.3, -0.25) is 4.98 Å². The van der Waals surface area contributed by atoms with Crippen molar-refractivity contribution in [1.82, 2.24) is 19.1 Å². The van der Waals surface area contributed by atoms with E-state index in [4.69, 9.17) is 43.2 Å². The van der Waals surface area contributed by atoms with E-state index in [0.717, 1.165) is 120 Å². The van der Waals surface area contributed by atoms with Gasteiger partial charge in [-0.1, -0.05) is 75.4 Å². The van der Waals surface area contributed by atoms with Crippen LogP contribution in [0, 0.1) is 0 Å². The van der Waals surface area contributed by atoms with Gasteiger partial charge in [0.2, 0.25) is 5.75 Å². The highest BCUT2D eigenvalue weighted by Crippen LogP contribution is 2.44. The fourth-order valence-corrected chi connectivity index (χ4v) is 9.54. The first kappa shape index (κ1) is 49.6. The van der Waals surface area contributed by atoms with Crippen molar-refractivity contribution in [3.63, 3.8) is 0 Å². The second-order valence-electron chi connectivity index (χ2n) is 16.6. The zero-order valence-electron chi connectivity index (χ0n) is 40.2. The van der Waals surface area contributed by atoms with Crippen LogP contribution >= 0.6 is 0 Å². The number of esters is 1.